The minimum atomic E-state index is -0.443. The summed E-state index contributed by atoms with van der Waals surface area (Å²) in [5.74, 6) is -0.00325. The summed E-state index contributed by atoms with van der Waals surface area (Å²) in [5, 5.41) is 2.01. The van der Waals surface area contributed by atoms with E-state index in [-0.39, 0.29) is 5.91 Å². The molecule has 3 nitrogen and oxygen atoms in total. The standard InChI is InChI=1S/C12H13BrClNO2/c1-12(2)7-17-15(11(12)16)6-8-3-4-9(13)5-10(8)14/h3-5H,6-7H2,1-2H3. The smallest absolute Gasteiger partial charge is 0.254 e. The van der Waals surface area contributed by atoms with Crippen LogP contribution in [0.3, 0.4) is 0 Å². The molecule has 1 aromatic rings. The SMILES string of the molecule is CC1(C)CON(Cc2ccc(Br)cc2Cl)C1=O. The van der Waals surface area contributed by atoms with E-state index in [1.807, 2.05) is 32.0 Å². The molecule has 1 aliphatic rings. The largest absolute Gasteiger partial charge is 0.272 e. The number of carbonyl (C=O) groups is 1. The van der Waals surface area contributed by atoms with E-state index in [9.17, 15) is 4.79 Å². The molecule has 0 atom stereocenters. The topological polar surface area (TPSA) is 29.5 Å². The Morgan fingerprint density at radius 3 is 2.76 bits per heavy atom. The molecule has 0 saturated carbocycles. The lowest BCUT2D eigenvalue weighted by Gasteiger charge is -2.17. The van der Waals surface area contributed by atoms with Crippen LogP contribution in [0.1, 0.15) is 19.4 Å². The summed E-state index contributed by atoms with van der Waals surface area (Å²) in [5.41, 5.74) is 0.433. The van der Waals surface area contributed by atoms with Crippen molar-refractivity contribution in [2.75, 3.05) is 6.61 Å². The third-order valence-electron chi connectivity index (χ3n) is 2.72. The van der Waals surface area contributed by atoms with Crippen molar-refractivity contribution in [1.82, 2.24) is 5.06 Å². The van der Waals surface area contributed by atoms with E-state index >= 15 is 0 Å². The first-order valence-electron chi connectivity index (χ1n) is 5.29. The van der Waals surface area contributed by atoms with Gasteiger partial charge in [0.25, 0.3) is 5.91 Å². The Morgan fingerprint density at radius 2 is 2.24 bits per heavy atom. The van der Waals surface area contributed by atoms with Crippen LogP contribution in [0, 0.1) is 5.41 Å². The van der Waals surface area contributed by atoms with Crippen LogP contribution in [0.2, 0.25) is 5.02 Å². The van der Waals surface area contributed by atoms with E-state index < -0.39 is 5.41 Å². The van der Waals surface area contributed by atoms with Crippen molar-refractivity contribution in [2.24, 2.45) is 5.41 Å². The highest BCUT2D eigenvalue weighted by molar-refractivity contribution is 9.10. The van der Waals surface area contributed by atoms with Gasteiger partial charge < -0.3 is 0 Å². The van der Waals surface area contributed by atoms with E-state index in [2.05, 4.69) is 15.9 Å². The molecule has 0 unspecified atom stereocenters. The van der Waals surface area contributed by atoms with Gasteiger partial charge in [0.1, 0.15) is 0 Å². The highest BCUT2D eigenvalue weighted by Gasteiger charge is 2.40. The Morgan fingerprint density at radius 1 is 1.53 bits per heavy atom. The number of hydroxylamine groups is 2. The quantitative estimate of drug-likeness (QED) is 0.836. The number of amides is 1. The lowest BCUT2D eigenvalue weighted by atomic mass is 9.95. The van der Waals surface area contributed by atoms with Crippen molar-refractivity contribution in [3.05, 3.63) is 33.3 Å². The zero-order valence-corrected chi connectivity index (χ0v) is 12.0. The first-order valence-corrected chi connectivity index (χ1v) is 6.46. The van der Waals surface area contributed by atoms with Gasteiger partial charge in [-0.2, -0.15) is 0 Å². The summed E-state index contributed by atoms with van der Waals surface area (Å²) in [7, 11) is 0. The van der Waals surface area contributed by atoms with Crippen LogP contribution >= 0.6 is 27.5 Å². The van der Waals surface area contributed by atoms with Crippen molar-refractivity contribution in [3.63, 3.8) is 0 Å². The minimum absolute atomic E-state index is 0.00325. The molecule has 5 heteroatoms. The molecular formula is C12H13BrClNO2. The van der Waals surface area contributed by atoms with Gasteiger partial charge in [-0.1, -0.05) is 33.6 Å². The van der Waals surface area contributed by atoms with Gasteiger partial charge in [-0.3, -0.25) is 9.63 Å². The Labute approximate surface area is 114 Å². The predicted octanol–water partition coefficient (Wildman–Crippen LogP) is 3.40. The maximum absolute atomic E-state index is 12.0. The zero-order valence-electron chi connectivity index (χ0n) is 9.67. The highest BCUT2D eigenvalue weighted by Crippen LogP contribution is 2.30. The van der Waals surface area contributed by atoms with Gasteiger partial charge in [0.05, 0.1) is 18.6 Å². The van der Waals surface area contributed by atoms with Gasteiger partial charge in [-0.25, -0.2) is 5.06 Å². The maximum Gasteiger partial charge on any atom is 0.254 e. The Hall–Kier alpha value is -0.580. The lowest BCUT2D eigenvalue weighted by Crippen LogP contribution is -2.30. The Balaban J connectivity index is 2.15. The van der Waals surface area contributed by atoms with Gasteiger partial charge in [-0.15, -0.1) is 0 Å². The third kappa shape index (κ3) is 2.64. The monoisotopic (exact) mass is 317 g/mol. The van der Waals surface area contributed by atoms with Crippen molar-refractivity contribution >= 4 is 33.4 Å². The van der Waals surface area contributed by atoms with E-state index in [1.54, 1.807) is 0 Å². The number of hydrogen-bond acceptors (Lipinski definition) is 2. The first-order chi connectivity index (χ1) is 7.90. The molecule has 1 fully saturated rings. The van der Waals surface area contributed by atoms with Crippen LogP contribution < -0.4 is 0 Å². The maximum atomic E-state index is 12.0. The molecule has 0 N–H and O–H groups in total. The number of hydrogen-bond donors (Lipinski definition) is 0. The van der Waals surface area contributed by atoms with E-state index in [0.717, 1.165) is 10.0 Å². The number of benzene rings is 1. The second kappa shape index (κ2) is 4.59. The predicted molar refractivity (Wildman–Crippen MR) is 69.4 cm³/mol. The number of halogens is 2. The number of nitrogens with zero attached hydrogens (tertiary/aromatic N) is 1. The van der Waals surface area contributed by atoms with Crippen LogP contribution in [0.5, 0.6) is 0 Å². The zero-order chi connectivity index (χ0) is 12.6. The number of rotatable bonds is 2. The van der Waals surface area contributed by atoms with Gasteiger partial charge in [0.15, 0.2) is 0 Å². The third-order valence-corrected chi connectivity index (χ3v) is 3.56. The average molecular weight is 319 g/mol. The Kier molecular flexibility index (Phi) is 3.48. The molecular weight excluding hydrogens is 305 g/mol. The van der Waals surface area contributed by atoms with Crippen LogP contribution in [0.25, 0.3) is 0 Å². The summed E-state index contributed by atoms with van der Waals surface area (Å²) in [6, 6.07) is 5.59. The lowest BCUT2D eigenvalue weighted by molar-refractivity contribution is -0.165. The molecule has 0 aromatic heterocycles. The highest BCUT2D eigenvalue weighted by atomic mass is 79.9. The van der Waals surface area contributed by atoms with Crippen molar-refractivity contribution < 1.29 is 9.63 Å². The molecule has 17 heavy (non-hydrogen) atoms. The fourth-order valence-electron chi connectivity index (χ4n) is 1.62. The average Bonchev–Trinajstić information content (AvgIpc) is 2.49. The van der Waals surface area contributed by atoms with Crippen LogP contribution in [-0.4, -0.2) is 17.6 Å². The summed E-state index contributed by atoms with van der Waals surface area (Å²) in [6.45, 7) is 4.55. The van der Waals surface area contributed by atoms with Gasteiger partial charge in [0.2, 0.25) is 0 Å². The second-order valence-corrected chi connectivity index (χ2v) is 6.06. The molecule has 0 spiro atoms. The second-order valence-electron chi connectivity index (χ2n) is 4.73. The normalized spacial score (nSPS) is 18.8. The van der Waals surface area contributed by atoms with Crippen molar-refractivity contribution in [3.8, 4) is 0 Å². The van der Waals surface area contributed by atoms with E-state index in [1.165, 1.54) is 5.06 Å². The molecule has 1 aromatic carbocycles. The number of carbonyl (C=O) groups excluding carboxylic acids is 1. The first kappa shape index (κ1) is 12.9. The molecule has 1 heterocycles. The van der Waals surface area contributed by atoms with Gasteiger partial charge in [0, 0.05) is 9.50 Å². The summed E-state index contributed by atoms with van der Waals surface area (Å²) in [4.78, 5) is 17.3. The molecule has 1 amide bonds. The molecule has 0 radical (unpaired) electrons. The van der Waals surface area contributed by atoms with Crippen LogP contribution in [0.15, 0.2) is 22.7 Å². The molecule has 1 saturated heterocycles. The molecule has 92 valence electrons. The molecule has 1 aliphatic heterocycles. The van der Waals surface area contributed by atoms with Crippen LogP contribution in [0.4, 0.5) is 0 Å². The van der Waals surface area contributed by atoms with Gasteiger partial charge in [-0.05, 0) is 31.5 Å². The van der Waals surface area contributed by atoms with E-state index in [0.29, 0.717) is 18.2 Å². The summed E-state index contributed by atoms with van der Waals surface area (Å²) >= 11 is 9.45. The van der Waals surface area contributed by atoms with Crippen LogP contribution in [-0.2, 0) is 16.2 Å². The van der Waals surface area contributed by atoms with Crippen molar-refractivity contribution in [1.29, 1.82) is 0 Å². The molecule has 0 bridgehead atoms. The van der Waals surface area contributed by atoms with Gasteiger partial charge >= 0.3 is 0 Å². The molecule has 2 rings (SSSR count). The minimum Gasteiger partial charge on any atom is -0.272 e. The fourth-order valence-corrected chi connectivity index (χ4v) is 2.35. The summed E-state index contributed by atoms with van der Waals surface area (Å²) in [6.07, 6.45) is 0. The van der Waals surface area contributed by atoms with Crippen molar-refractivity contribution in [2.45, 2.75) is 20.4 Å². The summed E-state index contributed by atoms with van der Waals surface area (Å²) < 4.78 is 0.917. The fraction of sp³-hybridized carbons (Fsp3) is 0.417. The Bertz CT molecular complexity index is 462. The molecule has 0 aliphatic carbocycles. The van der Waals surface area contributed by atoms with E-state index in [4.69, 9.17) is 16.4 Å².